The zero-order valence-electron chi connectivity index (χ0n) is 21.3. The summed E-state index contributed by atoms with van der Waals surface area (Å²) in [6, 6.07) is 23.0. The number of nitrogens with zero attached hydrogens (tertiary/aromatic N) is 2. The molecule has 0 spiro atoms. The van der Waals surface area contributed by atoms with E-state index in [1.54, 1.807) is 29.2 Å². The number of benzene rings is 3. The van der Waals surface area contributed by atoms with Crippen LogP contribution in [0.4, 0.5) is 10.5 Å². The molecule has 0 radical (unpaired) electrons. The Labute approximate surface area is 225 Å². The molecule has 2 fully saturated rings. The lowest BCUT2D eigenvalue weighted by atomic mass is 9.89. The highest BCUT2D eigenvalue weighted by molar-refractivity contribution is 6.24. The van der Waals surface area contributed by atoms with Gasteiger partial charge in [-0.1, -0.05) is 60.7 Å². The van der Waals surface area contributed by atoms with Gasteiger partial charge in [-0.2, -0.15) is 0 Å². The second kappa shape index (κ2) is 9.39. The number of para-hydroxylation sites is 2. The van der Waals surface area contributed by atoms with E-state index in [4.69, 9.17) is 4.74 Å². The first-order chi connectivity index (χ1) is 19.1. The van der Waals surface area contributed by atoms with Crippen LogP contribution in [0.15, 0.2) is 78.9 Å². The van der Waals surface area contributed by atoms with Crippen molar-refractivity contribution in [3.05, 3.63) is 101 Å². The molecule has 8 heteroatoms. The summed E-state index contributed by atoms with van der Waals surface area (Å²) >= 11 is 0. The van der Waals surface area contributed by atoms with Crippen molar-refractivity contribution >= 4 is 34.4 Å². The summed E-state index contributed by atoms with van der Waals surface area (Å²) in [5, 5.41) is 3.99. The van der Waals surface area contributed by atoms with Crippen LogP contribution < -0.4 is 10.2 Å². The third-order valence-corrected chi connectivity index (χ3v) is 8.07. The van der Waals surface area contributed by atoms with E-state index in [1.807, 2.05) is 48.5 Å². The van der Waals surface area contributed by atoms with Gasteiger partial charge in [0.2, 0.25) is 0 Å². The number of carbonyl (C=O) groups excluding carboxylic acids is 3. The maximum Gasteiger partial charge on any atom is 0.332 e. The van der Waals surface area contributed by atoms with E-state index in [0.717, 1.165) is 40.6 Å². The average molecular weight is 521 g/mol. The Bertz CT molecular complexity index is 1590. The number of rotatable bonds is 5. The highest BCUT2D eigenvalue weighted by atomic mass is 16.5. The van der Waals surface area contributed by atoms with Gasteiger partial charge in [-0.05, 0) is 42.2 Å². The molecular formula is C31H28N4O4. The molecule has 2 N–H and O–H groups in total. The first-order valence-electron chi connectivity index (χ1n) is 13.4. The Hall–Kier alpha value is -4.43. The molecule has 3 aliphatic heterocycles. The van der Waals surface area contributed by atoms with Crippen LogP contribution in [-0.4, -0.2) is 53.0 Å². The van der Waals surface area contributed by atoms with E-state index < -0.39 is 18.1 Å². The molecule has 4 heterocycles. The first-order valence-corrected chi connectivity index (χ1v) is 13.4. The molecule has 8 nitrogen and oxygen atoms in total. The molecule has 0 aliphatic carbocycles. The molecule has 3 aliphatic rings. The fourth-order valence-electron chi connectivity index (χ4n) is 6.25. The Balaban J connectivity index is 1.28. The molecule has 0 saturated carbocycles. The third-order valence-electron chi connectivity index (χ3n) is 8.07. The van der Waals surface area contributed by atoms with E-state index in [-0.39, 0.29) is 23.5 Å². The van der Waals surface area contributed by atoms with Gasteiger partial charge < -0.3 is 15.0 Å². The number of aromatic amines is 1. The maximum atomic E-state index is 14.2. The second-order valence-corrected chi connectivity index (χ2v) is 10.3. The van der Waals surface area contributed by atoms with Gasteiger partial charge in [-0.25, -0.2) is 9.69 Å². The lowest BCUT2D eigenvalue weighted by molar-refractivity contribution is -0.120. The van der Waals surface area contributed by atoms with Crippen molar-refractivity contribution in [1.29, 1.82) is 0 Å². The maximum absolute atomic E-state index is 14.2. The van der Waals surface area contributed by atoms with Gasteiger partial charge in [0, 0.05) is 36.2 Å². The normalized spacial score (nSPS) is 22.3. The molecule has 0 bridgehead atoms. The van der Waals surface area contributed by atoms with Crippen LogP contribution >= 0.6 is 0 Å². The molecule has 4 amide bonds. The van der Waals surface area contributed by atoms with Gasteiger partial charge in [0.25, 0.3) is 11.8 Å². The molecule has 39 heavy (non-hydrogen) atoms. The van der Waals surface area contributed by atoms with E-state index in [2.05, 4.69) is 16.4 Å². The number of urea groups is 1. The zero-order valence-corrected chi connectivity index (χ0v) is 21.3. The Kier molecular flexibility index (Phi) is 5.70. The van der Waals surface area contributed by atoms with Crippen LogP contribution in [0.1, 0.15) is 46.1 Å². The van der Waals surface area contributed by atoms with Crippen LogP contribution in [0.25, 0.3) is 10.9 Å². The number of anilines is 1. The van der Waals surface area contributed by atoms with E-state index in [1.165, 1.54) is 4.90 Å². The van der Waals surface area contributed by atoms with Gasteiger partial charge >= 0.3 is 6.03 Å². The summed E-state index contributed by atoms with van der Waals surface area (Å²) < 4.78 is 5.63. The number of carbonyl (C=O) groups is 3. The minimum absolute atomic E-state index is 0.0133. The number of hydrogen-bond donors (Lipinski definition) is 2. The summed E-state index contributed by atoms with van der Waals surface area (Å²) in [5.41, 5.74) is 4.45. The topological polar surface area (TPSA) is 94.7 Å². The first kappa shape index (κ1) is 23.7. The standard InChI is InChI=1S/C31H28N4O4/c36-29(32-18-20-11-8-16-39-20)22-13-5-7-15-25(22)35-30(37)26-17-23-21-12-4-6-14-24(21)33-27(23)28(34(26)31(35)38)19-9-2-1-3-10-19/h1-7,9-10,12-15,20,26,28,33H,8,11,16-18H2,(H,32,36)/t20-,26+,28-/m1/s1. The second-order valence-electron chi connectivity index (χ2n) is 10.3. The largest absolute Gasteiger partial charge is 0.376 e. The smallest absolute Gasteiger partial charge is 0.332 e. The molecular weight excluding hydrogens is 492 g/mol. The van der Waals surface area contributed by atoms with Crippen LogP contribution in [0.2, 0.25) is 0 Å². The van der Waals surface area contributed by atoms with Crippen LogP contribution in [0.3, 0.4) is 0 Å². The summed E-state index contributed by atoms with van der Waals surface area (Å²) in [6.45, 7) is 1.09. The minimum atomic E-state index is -0.683. The number of amides is 4. The number of ether oxygens (including phenoxy) is 1. The third kappa shape index (κ3) is 3.82. The number of imide groups is 1. The molecule has 2 saturated heterocycles. The lowest BCUT2D eigenvalue weighted by Crippen LogP contribution is -2.44. The van der Waals surface area contributed by atoms with Crippen molar-refractivity contribution in [3.63, 3.8) is 0 Å². The van der Waals surface area contributed by atoms with Gasteiger partial charge in [0.05, 0.1) is 17.4 Å². The van der Waals surface area contributed by atoms with Crippen molar-refractivity contribution in [1.82, 2.24) is 15.2 Å². The van der Waals surface area contributed by atoms with Crippen LogP contribution in [0, 0.1) is 0 Å². The van der Waals surface area contributed by atoms with Gasteiger partial charge in [0.15, 0.2) is 0 Å². The Morgan fingerprint density at radius 3 is 2.56 bits per heavy atom. The van der Waals surface area contributed by atoms with Gasteiger partial charge in [-0.3, -0.25) is 14.5 Å². The SMILES string of the molecule is O=C(NC[C@H]1CCCO1)c1ccccc1N1C(=O)[C@@H]2Cc3c([nH]c4ccccc34)[C@@H](c3ccccc3)N2C1=O. The summed E-state index contributed by atoms with van der Waals surface area (Å²) in [4.78, 5) is 47.9. The quantitative estimate of drug-likeness (QED) is 0.377. The molecule has 196 valence electrons. The van der Waals surface area contributed by atoms with Crippen molar-refractivity contribution in [2.45, 2.75) is 37.5 Å². The predicted octanol–water partition coefficient (Wildman–Crippen LogP) is 4.56. The van der Waals surface area contributed by atoms with Crippen LogP contribution in [0.5, 0.6) is 0 Å². The predicted molar refractivity (Wildman–Crippen MR) is 147 cm³/mol. The van der Waals surface area contributed by atoms with Crippen molar-refractivity contribution in [3.8, 4) is 0 Å². The molecule has 1 aromatic heterocycles. The zero-order chi connectivity index (χ0) is 26.5. The van der Waals surface area contributed by atoms with E-state index >= 15 is 0 Å². The number of fused-ring (bicyclic) bond motifs is 4. The highest BCUT2D eigenvalue weighted by Crippen LogP contribution is 2.45. The fourth-order valence-corrected chi connectivity index (χ4v) is 6.25. The summed E-state index contributed by atoms with van der Waals surface area (Å²) in [5.74, 6) is -0.654. The van der Waals surface area contributed by atoms with Crippen molar-refractivity contribution in [2.75, 3.05) is 18.1 Å². The van der Waals surface area contributed by atoms with E-state index in [9.17, 15) is 14.4 Å². The molecule has 4 aromatic rings. The van der Waals surface area contributed by atoms with Gasteiger partial charge in [-0.15, -0.1) is 0 Å². The van der Waals surface area contributed by atoms with Crippen LogP contribution in [-0.2, 0) is 16.0 Å². The summed E-state index contributed by atoms with van der Waals surface area (Å²) in [7, 11) is 0. The molecule has 3 aromatic carbocycles. The Morgan fingerprint density at radius 1 is 0.974 bits per heavy atom. The molecule has 3 atom stereocenters. The van der Waals surface area contributed by atoms with E-state index in [0.29, 0.717) is 25.3 Å². The van der Waals surface area contributed by atoms with Crippen molar-refractivity contribution in [2.24, 2.45) is 0 Å². The number of nitrogens with one attached hydrogen (secondary N) is 2. The van der Waals surface area contributed by atoms with Gasteiger partial charge in [0.1, 0.15) is 12.1 Å². The average Bonchev–Trinajstić information content (AvgIpc) is 3.68. The monoisotopic (exact) mass is 520 g/mol. The highest BCUT2D eigenvalue weighted by Gasteiger charge is 2.53. The number of H-pyrrole nitrogens is 1. The lowest BCUT2D eigenvalue weighted by Gasteiger charge is -2.36. The Morgan fingerprint density at radius 2 is 1.74 bits per heavy atom. The molecule has 0 unspecified atom stereocenters. The minimum Gasteiger partial charge on any atom is -0.376 e. The molecule has 7 rings (SSSR count). The number of hydrogen-bond acceptors (Lipinski definition) is 4. The van der Waals surface area contributed by atoms with Crippen molar-refractivity contribution < 1.29 is 19.1 Å². The number of aromatic nitrogens is 1. The fraction of sp³-hybridized carbons (Fsp3) is 0.258. The summed E-state index contributed by atoms with van der Waals surface area (Å²) in [6.07, 6.45) is 2.26.